The predicted molar refractivity (Wildman–Crippen MR) is 61.4 cm³/mol. The lowest BCUT2D eigenvalue weighted by atomic mass is 10.2. The average Bonchev–Trinajstić information content (AvgIpc) is 2.16. The van der Waals surface area contributed by atoms with Crippen molar-refractivity contribution in [2.45, 2.75) is 32.1 Å². The van der Waals surface area contributed by atoms with Crippen LogP contribution < -0.4 is 5.32 Å². The zero-order valence-electron chi connectivity index (χ0n) is 8.72. The van der Waals surface area contributed by atoms with E-state index in [0.717, 1.165) is 19.5 Å². The second kappa shape index (κ2) is 12.3. The van der Waals surface area contributed by atoms with Crippen LogP contribution in [0.3, 0.4) is 0 Å². The fraction of sp³-hybridized carbons (Fsp3) is 1.00. The molecular formula is C10H23NOS. The third kappa shape index (κ3) is 12.3. The zero-order chi connectivity index (χ0) is 9.78. The molecule has 0 spiro atoms. The van der Waals surface area contributed by atoms with Crippen LogP contribution in [0.15, 0.2) is 0 Å². The molecule has 0 rings (SSSR count). The first-order valence-corrected chi connectivity index (χ1v) is 6.61. The van der Waals surface area contributed by atoms with E-state index in [4.69, 9.17) is 5.11 Å². The van der Waals surface area contributed by atoms with Crippen LogP contribution in [-0.2, 0) is 0 Å². The zero-order valence-corrected chi connectivity index (χ0v) is 9.54. The Morgan fingerprint density at radius 2 is 1.69 bits per heavy atom. The molecule has 0 atom stereocenters. The summed E-state index contributed by atoms with van der Waals surface area (Å²) in [5.74, 6) is 1.26. The smallest absolute Gasteiger partial charge is 0.0431 e. The molecule has 0 aromatic rings. The third-order valence-electron chi connectivity index (χ3n) is 1.96. The van der Waals surface area contributed by atoms with E-state index in [1.165, 1.54) is 31.4 Å². The van der Waals surface area contributed by atoms with Gasteiger partial charge in [0.2, 0.25) is 0 Å². The number of thioether (sulfide) groups is 1. The monoisotopic (exact) mass is 205 g/mol. The number of nitrogens with one attached hydrogen (secondary N) is 1. The summed E-state index contributed by atoms with van der Waals surface area (Å²) in [6.07, 6.45) is 8.05. The lowest BCUT2D eigenvalue weighted by molar-refractivity contribution is 0.282. The Balaban J connectivity index is 2.76. The summed E-state index contributed by atoms with van der Waals surface area (Å²) < 4.78 is 0. The van der Waals surface area contributed by atoms with Crippen molar-refractivity contribution in [3.63, 3.8) is 0 Å². The number of aliphatic hydroxyl groups excluding tert-OH is 1. The fourth-order valence-electron chi connectivity index (χ4n) is 1.18. The van der Waals surface area contributed by atoms with E-state index in [1.807, 2.05) is 11.8 Å². The topological polar surface area (TPSA) is 32.3 Å². The molecule has 0 heterocycles. The van der Waals surface area contributed by atoms with Gasteiger partial charge in [-0.3, -0.25) is 0 Å². The van der Waals surface area contributed by atoms with Crippen LogP contribution >= 0.6 is 11.8 Å². The van der Waals surface area contributed by atoms with Gasteiger partial charge in [0.1, 0.15) is 0 Å². The lowest BCUT2D eigenvalue weighted by Gasteiger charge is -2.03. The molecular weight excluding hydrogens is 182 g/mol. The first-order valence-electron chi connectivity index (χ1n) is 5.22. The van der Waals surface area contributed by atoms with Crippen LogP contribution in [0.5, 0.6) is 0 Å². The molecule has 0 radical (unpaired) electrons. The van der Waals surface area contributed by atoms with Crippen LogP contribution in [0.4, 0.5) is 0 Å². The quantitative estimate of drug-likeness (QED) is 0.534. The van der Waals surface area contributed by atoms with E-state index < -0.39 is 0 Å². The Bertz CT molecular complexity index is 81.0. The number of hydrogen-bond donors (Lipinski definition) is 2. The van der Waals surface area contributed by atoms with E-state index >= 15 is 0 Å². The summed E-state index contributed by atoms with van der Waals surface area (Å²) in [7, 11) is 0. The minimum absolute atomic E-state index is 0.348. The van der Waals surface area contributed by atoms with Crippen molar-refractivity contribution in [2.24, 2.45) is 0 Å². The maximum absolute atomic E-state index is 8.55. The van der Waals surface area contributed by atoms with Crippen molar-refractivity contribution in [1.29, 1.82) is 0 Å². The summed E-state index contributed by atoms with van der Waals surface area (Å²) in [6.45, 7) is 2.64. The van der Waals surface area contributed by atoms with Gasteiger partial charge in [-0.1, -0.05) is 12.8 Å². The van der Waals surface area contributed by atoms with E-state index in [-0.39, 0.29) is 0 Å². The van der Waals surface area contributed by atoms with Crippen LogP contribution in [0.2, 0.25) is 0 Å². The molecule has 0 aromatic carbocycles. The summed E-state index contributed by atoms with van der Waals surface area (Å²) >= 11 is 1.91. The Morgan fingerprint density at radius 3 is 2.38 bits per heavy atom. The second-order valence-corrected chi connectivity index (χ2v) is 4.22. The second-order valence-electron chi connectivity index (χ2n) is 3.23. The maximum atomic E-state index is 8.55. The van der Waals surface area contributed by atoms with E-state index in [1.54, 1.807) is 0 Å². The first-order chi connectivity index (χ1) is 6.41. The maximum Gasteiger partial charge on any atom is 0.0431 e. The first kappa shape index (κ1) is 13.3. The van der Waals surface area contributed by atoms with Gasteiger partial charge in [-0.15, -0.1) is 0 Å². The van der Waals surface area contributed by atoms with Crippen LogP contribution in [-0.4, -0.2) is 36.8 Å². The molecule has 0 aliphatic rings. The fourth-order valence-corrected chi connectivity index (χ4v) is 1.61. The SMILES string of the molecule is CSCCCNCCCCCCO. The van der Waals surface area contributed by atoms with Gasteiger partial charge in [-0.25, -0.2) is 0 Å². The van der Waals surface area contributed by atoms with Crippen molar-refractivity contribution in [1.82, 2.24) is 5.32 Å². The molecule has 2 nitrogen and oxygen atoms in total. The van der Waals surface area contributed by atoms with Crippen molar-refractivity contribution >= 4 is 11.8 Å². The van der Waals surface area contributed by atoms with Gasteiger partial charge in [0.05, 0.1) is 0 Å². The molecule has 0 bridgehead atoms. The standard InChI is InChI=1S/C10H23NOS/c1-13-10-6-8-11-7-4-2-3-5-9-12/h11-12H,2-10H2,1H3. The Hall–Kier alpha value is 0.270. The van der Waals surface area contributed by atoms with Gasteiger partial charge in [0, 0.05) is 6.61 Å². The van der Waals surface area contributed by atoms with Crippen molar-refractivity contribution in [3.8, 4) is 0 Å². The summed E-state index contributed by atoms with van der Waals surface area (Å²) in [5, 5.41) is 12.0. The number of rotatable bonds is 10. The molecule has 0 saturated heterocycles. The summed E-state index contributed by atoms with van der Waals surface area (Å²) in [5.41, 5.74) is 0. The summed E-state index contributed by atoms with van der Waals surface area (Å²) in [6, 6.07) is 0. The van der Waals surface area contributed by atoms with Gasteiger partial charge in [-0.05, 0) is 44.4 Å². The highest BCUT2D eigenvalue weighted by Crippen LogP contribution is 1.98. The van der Waals surface area contributed by atoms with Crippen molar-refractivity contribution in [3.05, 3.63) is 0 Å². The number of hydrogen-bond acceptors (Lipinski definition) is 3. The molecule has 80 valence electrons. The minimum atomic E-state index is 0.348. The summed E-state index contributed by atoms with van der Waals surface area (Å²) in [4.78, 5) is 0. The molecule has 0 unspecified atom stereocenters. The predicted octanol–water partition coefficient (Wildman–Crippen LogP) is 1.88. The van der Waals surface area contributed by atoms with Crippen molar-refractivity contribution < 1.29 is 5.11 Å². The van der Waals surface area contributed by atoms with Crippen LogP contribution in [0.1, 0.15) is 32.1 Å². The van der Waals surface area contributed by atoms with E-state index in [2.05, 4.69) is 11.6 Å². The third-order valence-corrected chi connectivity index (χ3v) is 2.66. The van der Waals surface area contributed by atoms with Gasteiger partial charge in [-0.2, -0.15) is 11.8 Å². The van der Waals surface area contributed by atoms with Crippen LogP contribution in [0.25, 0.3) is 0 Å². The molecule has 0 aliphatic carbocycles. The molecule has 3 heteroatoms. The Morgan fingerprint density at radius 1 is 1.00 bits per heavy atom. The van der Waals surface area contributed by atoms with Crippen molar-refractivity contribution in [2.75, 3.05) is 31.7 Å². The van der Waals surface area contributed by atoms with Gasteiger partial charge in [0.25, 0.3) is 0 Å². The Labute approximate surface area is 86.5 Å². The minimum Gasteiger partial charge on any atom is -0.396 e. The van der Waals surface area contributed by atoms with E-state index in [9.17, 15) is 0 Å². The molecule has 0 aliphatic heterocycles. The highest BCUT2D eigenvalue weighted by atomic mass is 32.2. The molecule has 0 aromatic heterocycles. The van der Waals surface area contributed by atoms with Gasteiger partial charge < -0.3 is 10.4 Å². The largest absolute Gasteiger partial charge is 0.396 e. The lowest BCUT2D eigenvalue weighted by Crippen LogP contribution is -2.17. The normalized spacial score (nSPS) is 10.6. The van der Waals surface area contributed by atoms with Crippen LogP contribution in [0, 0.1) is 0 Å². The molecule has 0 saturated carbocycles. The highest BCUT2D eigenvalue weighted by Gasteiger charge is 1.89. The highest BCUT2D eigenvalue weighted by molar-refractivity contribution is 7.98. The molecule has 2 N–H and O–H groups in total. The van der Waals surface area contributed by atoms with Gasteiger partial charge in [0.15, 0.2) is 0 Å². The van der Waals surface area contributed by atoms with E-state index in [0.29, 0.717) is 6.61 Å². The van der Waals surface area contributed by atoms with Gasteiger partial charge >= 0.3 is 0 Å². The molecule has 13 heavy (non-hydrogen) atoms. The Kier molecular flexibility index (Phi) is 12.5. The molecule has 0 amide bonds. The molecule has 0 fully saturated rings. The number of aliphatic hydroxyl groups is 1. The average molecular weight is 205 g/mol. The number of unbranched alkanes of at least 4 members (excludes halogenated alkanes) is 3.